The van der Waals surface area contributed by atoms with Crippen molar-refractivity contribution in [3.05, 3.63) is 0 Å². The van der Waals surface area contributed by atoms with Crippen LogP contribution in [0.15, 0.2) is 0 Å². The molecule has 0 unspecified atom stereocenters. The molecule has 5 heavy (non-hydrogen) atoms. The monoisotopic (exact) mass is 141 g/mol. The van der Waals surface area contributed by atoms with E-state index < -0.39 is 0 Å². The molecule has 0 aromatic carbocycles. The minimum absolute atomic E-state index is 0. The Morgan fingerprint density at radius 3 is 1.80 bits per heavy atom. The zero-order valence-electron chi connectivity index (χ0n) is 2.85. The zero-order chi connectivity index (χ0) is 3.41. The van der Waals surface area contributed by atoms with Crippen LogP contribution in [0, 0.1) is 0 Å². The van der Waals surface area contributed by atoms with Crippen LogP contribution in [-0.4, -0.2) is 35.3 Å². The van der Waals surface area contributed by atoms with E-state index in [0.717, 1.165) is 0 Å². The molecular weight excluding hydrogens is 133 g/mol. The molecule has 0 aromatic heterocycles. The number of rotatable bonds is 1. The van der Waals surface area contributed by atoms with E-state index in [1.807, 2.05) is 0 Å². The molecule has 2 nitrogen and oxygen atoms in total. The van der Waals surface area contributed by atoms with E-state index in [-0.39, 0.29) is 23.7 Å². The molecule has 0 aliphatic rings. The van der Waals surface area contributed by atoms with Gasteiger partial charge >= 0.3 is 0 Å². The van der Waals surface area contributed by atoms with Crippen LogP contribution in [0.2, 0.25) is 0 Å². The molecule has 3 heteroatoms. The Hall–Kier alpha value is 0.439. The largest absolute Gasteiger partial charge is 0.395 e. The smallest absolute Gasteiger partial charge is 0.0553 e. The van der Waals surface area contributed by atoms with Gasteiger partial charge in [0.15, 0.2) is 0 Å². The van der Waals surface area contributed by atoms with Gasteiger partial charge in [-0.3, -0.25) is 0 Å². The predicted molar refractivity (Wildman–Crippen MR) is 21.9 cm³/mol. The number of aliphatic hydroxyl groups excluding tert-OH is 1. The zero-order valence-corrected chi connectivity index (χ0v) is 4.56. The van der Waals surface area contributed by atoms with Crippen molar-refractivity contribution in [2.45, 2.75) is 0 Å². The van der Waals surface area contributed by atoms with Gasteiger partial charge in [0.2, 0.25) is 0 Å². The van der Waals surface area contributed by atoms with Gasteiger partial charge in [0, 0.05) is 23.6 Å². The van der Waals surface area contributed by atoms with Crippen LogP contribution in [0.1, 0.15) is 0 Å². The van der Waals surface area contributed by atoms with Crippen molar-refractivity contribution in [1.82, 2.24) is 0 Å². The van der Waals surface area contributed by atoms with Gasteiger partial charge < -0.3 is 10.8 Å². The van der Waals surface area contributed by atoms with Crippen LogP contribution in [0.5, 0.6) is 0 Å². The van der Waals surface area contributed by atoms with Crippen molar-refractivity contribution in [3.63, 3.8) is 0 Å². The summed E-state index contributed by atoms with van der Waals surface area (Å²) in [4.78, 5) is 0. The maximum Gasteiger partial charge on any atom is 0.0553 e. The summed E-state index contributed by atoms with van der Waals surface area (Å²) in [6.07, 6.45) is 0. The Labute approximate surface area is 41.8 Å². The van der Waals surface area contributed by atoms with E-state index in [0.29, 0.717) is 6.54 Å². The molecule has 0 aliphatic heterocycles. The molecule has 0 fully saturated rings. The van der Waals surface area contributed by atoms with E-state index in [4.69, 9.17) is 10.8 Å². The van der Waals surface area contributed by atoms with Crippen molar-refractivity contribution in [2.24, 2.45) is 5.73 Å². The second-order valence-corrected chi connectivity index (χ2v) is 0.512. The summed E-state index contributed by atoms with van der Waals surface area (Å²) in [5.74, 6) is 0. The Bertz CT molecular complexity index is 11.6. The Kier molecular flexibility index (Phi) is 16.0. The fraction of sp³-hybridized carbons (Fsp3) is 1.00. The van der Waals surface area contributed by atoms with Crippen molar-refractivity contribution in [2.75, 3.05) is 13.2 Å². The van der Waals surface area contributed by atoms with Gasteiger partial charge in [-0.2, -0.15) is 0 Å². The molecule has 32 valence electrons. The molecule has 0 rings (SSSR count). The second-order valence-electron chi connectivity index (χ2n) is 0.512. The van der Waals surface area contributed by atoms with Gasteiger partial charge in [0.25, 0.3) is 0 Å². The molecule has 0 spiro atoms. The average molecular weight is 140 g/mol. The summed E-state index contributed by atoms with van der Waals surface area (Å²) in [6, 6.07) is 0. The first-order valence-electron chi connectivity index (χ1n) is 1.22. The van der Waals surface area contributed by atoms with E-state index >= 15 is 0 Å². The van der Waals surface area contributed by atoms with Crippen molar-refractivity contribution >= 4 is 17.1 Å². The molecular formula is C2H7NOSe. The van der Waals surface area contributed by atoms with Gasteiger partial charge in [0.1, 0.15) is 0 Å². The van der Waals surface area contributed by atoms with Crippen molar-refractivity contribution in [1.29, 1.82) is 0 Å². The third-order valence-electron chi connectivity index (χ3n) is 0.129. The van der Waals surface area contributed by atoms with E-state index in [2.05, 4.69) is 0 Å². The van der Waals surface area contributed by atoms with Crippen LogP contribution >= 0.6 is 0 Å². The summed E-state index contributed by atoms with van der Waals surface area (Å²) in [5, 5.41) is 7.75. The number of nitrogens with two attached hydrogens (primary N) is 1. The van der Waals surface area contributed by atoms with Crippen molar-refractivity contribution < 1.29 is 5.11 Å². The van der Waals surface area contributed by atoms with Gasteiger partial charge in [-0.15, -0.1) is 0 Å². The molecule has 0 atom stereocenters. The SMILES string of the molecule is NCCO.[Se]. The van der Waals surface area contributed by atoms with Gasteiger partial charge in [-0.25, -0.2) is 0 Å². The van der Waals surface area contributed by atoms with Crippen LogP contribution in [0.3, 0.4) is 0 Å². The average Bonchev–Trinajstić information content (AvgIpc) is 1.37. The van der Waals surface area contributed by atoms with E-state index in [1.54, 1.807) is 0 Å². The van der Waals surface area contributed by atoms with Crippen LogP contribution < -0.4 is 5.73 Å². The number of hydrogen-bond acceptors (Lipinski definition) is 2. The van der Waals surface area contributed by atoms with Crippen LogP contribution in [0.4, 0.5) is 0 Å². The molecule has 0 amide bonds. The summed E-state index contributed by atoms with van der Waals surface area (Å²) in [6.45, 7) is 0.472. The predicted octanol–water partition coefficient (Wildman–Crippen LogP) is -1.44. The Morgan fingerprint density at radius 2 is 1.80 bits per heavy atom. The van der Waals surface area contributed by atoms with Gasteiger partial charge in [-0.05, 0) is 0 Å². The summed E-state index contributed by atoms with van der Waals surface area (Å²) in [5.41, 5.74) is 4.78. The van der Waals surface area contributed by atoms with Gasteiger partial charge in [-0.1, -0.05) is 0 Å². The Balaban J connectivity index is 0. The normalized spacial score (nSPS) is 6.00. The summed E-state index contributed by atoms with van der Waals surface area (Å²) < 4.78 is 0. The molecule has 2 radical (unpaired) electrons. The third-order valence-corrected chi connectivity index (χ3v) is 0.129. The topological polar surface area (TPSA) is 46.2 Å². The van der Waals surface area contributed by atoms with Crippen LogP contribution in [0.25, 0.3) is 0 Å². The van der Waals surface area contributed by atoms with Crippen LogP contribution in [-0.2, 0) is 0 Å². The molecule has 0 aromatic rings. The second kappa shape index (κ2) is 8.83. The number of hydrogen-bond donors (Lipinski definition) is 2. The van der Waals surface area contributed by atoms with E-state index in [1.165, 1.54) is 0 Å². The fourth-order valence-corrected chi connectivity index (χ4v) is 0. The minimum atomic E-state index is 0. The minimum Gasteiger partial charge on any atom is -0.395 e. The first-order valence-corrected chi connectivity index (χ1v) is 1.22. The quantitative estimate of drug-likeness (QED) is 0.438. The van der Waals surface area contributed by atoms with Gasteiger partial charge in [0.05, 0.1) is 6.61 Å². The first-order chi connectivity index (χ1) is 1.91. The maximum absolute atomic E-state index is 7.75. The molecule has 3 N–H and O–H groups in total. The summed E-state index contributed by atoms with van der Waals surface area (Å²) in [7, 11) is 0. The maximum atomic E-state index is 7.75. The summed E-state index contributed by atoms with van der Waals surface area (Å²) >= 11 is 0. The van der Waals surface area contributed by atoms with Crippen molar-refractivity contribution in [3.8, 4) is 0 Å². The molecule has 0 bridgehead atoms. The third kappa shape index (κ3) is 12.8. The molecule has 0 saturated heterocycles. The standard InChI is InChI=1S/C2H7NO.Se/c3-1-2-4;/h4H,1-3H2;. The van der Waals surface area contributed by atoms with E-state index in [9.17, 15) is 0 Å². The Morgan fingerprint density at radius 1 is 1.60 bits per heavy atom. The molecule has 0 aliphatic carbocycles. The molecule has 0 saturated carbocycles. The number of aliphatic hydroxyl groups is 1. The fourth-order valence-electron chi connectivity index (χ4n) is 0. The molecule has 0 heterocycles. The first kappa shape index (κ1) is 9.06.